The van der Waals surface area contributed by atoms with Crippen molar-refractivity contribution in [3.8, 4) is 5.75 Å². The monoisotopic (exact) mass is 448 g/mol. The predicted molar refractivity (Wildman–Crippen MR) is 113 cm³/mol. The molecule has 6 nitrogen and oxygen atoms in total. The van der Waals surface area contributed by atoms with Crippen LogP contribution in [0.1, 0.15) is 42.3 Å². The van der Waals surface area contributed by atoms with Crippen molar-refractivity contribution in [3.63, 3.8) is 0 Å². The van der Waals surface area contributed by atoms with Crippen LogP contribution in [0, 0.1) is 6.92 Å². The van der Waals surface area contributed by atoms with Crippen molar-refractivity contribution in [2.75, 3.05) is 11.9 Å². The van der Waals surface area contributed by atoms with E-state index in [1.807, 2.05) is 45.9 Å². The number of carboxylic acids is 1. The fourth-order valence-corrected chi connectivity index (χ4v) is 3.02. The molecule has 0 aliphatic heterocycles. The summed E-state index contributed by atoms with van der Waals surface area (Å²) < 4.78 is 6.62. The third-order valence-electron chi connectivity index (χ3n) is 3.84. The van der Waals surface area contributed by atoms with Crippen molar-refractivity contribution in [2.45, 2.75) is 39.8 Å². The number of rotatable bonds is 7. The minimum Gasteiger partial charge on any atom is -0.483 e. The zero-order chi connectivity index (χ0) is 20.9. The van der Waals surface area contributed by atoms with Gasteiger partial charge in [-0.05, 0) is 69.7 Å². The highest BCUT2D eigenvalue weighted by Gasteiger charge is 2.15. The van der Waals surface area contributed by atoms with Gasteiger partial charge in [0.15, 0.2) is 6.61 Å². The standard InChI is InChI=1S/C21H25BrN2O4/c1-13-9-14(20(26)27)5-7-17(13)23-11-15-10-16(22)6-8-18(15)28-12-19(25)24-21(2,3)4/h5-10,23H,11-12H2,1-4H3,(H,24,25)(H,26,27). The molecule has 0 aliphatic carbocycles. The molecule has 0 radical (unpaired) electrons. The second-order valence-electron chi connectivity index (χ2n) is 7.53. The molecule has 2 aromatic rings. The summed E-state index contributed by atoms with van der Waals surface area (Å²) in [4.78, 5) is 23.1. The highest BCUT2D eigenvalue weighted by Crippen LogP contribution is 2.25. The summed E-state index contributed by atoms with van der Waals surface area (Å²) in [6.07, 6.45) is 0. The molecule has 0 fully saturated rings. The summed E-state index contributed by atoms with van der Waals surface area (Å²) in [6.45, 7) is 7.98. The zero-order valence-corrected chi connectivity index (χ0v) is 18.0. The molecular formula is C21H25BrN2O4. The van der Waals surface area contributed by atoms with Crippen LogP contribution in [0.3, 0.4) is 0 Å². The van der Waals surface area contributed by atoms with E-state index in [9.17, 15) is 9.59 Å². The minimum absolute atomic E-state index is 0.0712. The van der Waals surface area contributed by atoms with Gasteiger partial charge in [0.1, 0.15) is 5.75 Å². The molecular weight excluding hydrogens is 424 g/mol. The van der Waals surface area contributed by atoms with Gasteiger partial charge in [-0.1, -0.05) is 15.9 Å². The van der Waals surface area contributed by atoms with Gasteiger partial charge in [0.2, 0.25) is 0 Å². The van der Waals surface area contributed by atoms with Crippen LogP contribution in [-0.4, -0.2) is 29.1 Å². The van der Waals surface area contributed by atoms with Gasteiger partial charge >= 0.3 is 5.97 Å². The van der Waals surface area contributed by atoms with E-state index in [4.69, 9.17) is 9.84 Å². The van der Waals surface area contributed by atoms with E-state index < -0.39 is 5.97 Å². The molecule has 2 aromatic carbocycles. The summed E-state index contributed by atoms with van der Waals surface area (Å²) in [7, 11) is 0. The normalized spacial score (nSPS) is 11.0. The number of benzene rings is 2. The van der Waals surface area contributed by atoms with E-state index in [0.29, 0.717) is 12.3 Å². The van der Waals surface area contributed by atoms with Crippen LogP contribution < -0.4 is 15.4 Å². The first kappa shape index (κ1) is 21.8. The van der Waals surface area contributed by atoms with E-state index in [1.54, 1.807) is 18.2 Å². The summed E-state index contributed by atoms with van der Waals surface area (Å²) in [5.74, 6) is -0.528. The lowest BCUT2D eigenvalue weighted by Crippen LogP contribution is -2.43. The van der Waals surface area contributed by atoms with Crippen LogP contribution in [0.15, 0.2) is 40.9 Å². The van der Waals surface area contributed by atoms with Crippen LogP contribution in [0.2, 0.25) is 0 Å². The van der Waals surface area contributed by atoms with E-state index in [1.165, 1.54) is 0 Å². The molecule has 0 bridgehead atoms. The third kappa shape index (κ3) is 6.56. The lowest BCUT2D eigenvalue weighted by Gasteiger charge is -2.21. The van der Waals surface area contributed by atoms with Crippen LogP contribution in [0.25, 0.3) is 0 Å². The number of carboxylic acid groups (broad SMARTS) is 1. The highest BCUT2D eigenvalue weighted by molar-refractivity contribution is 9.10. The van der Waals surface area contributed by atoms with E-state index in [-0.39, 0.29) is 23.6 Å². The van der Waals surface area contributed by atoms with Crippen molar-refractivity contribution in [2.24, 2.45) is 0 Å². The first-order valence-electron chi connectivity index (χ1n) is 8.85. The summed E-state index contributed by atoms with van der Waals surface area (Å²) in [5.41, 5.74) is 2.48. The van der Waals surface area contributed by atoms with Crippen LogP contribution in [-0.2, 0) is 11.3 Å². The Hall–Kier alpha value is -2.54. The van der Waals surface area contributed by atoms with Gasteiger partial charge in [-0.3, -0.25) is 4.79 Å². The molecule has 0 atom stereocenters. The lowest BCUT2D eigenvalue weighted by molar-refractivity contribution is -0.124. The molecule has 2 rings (SSSR count). The maximum atomic E-state index is 12.0. The van der Waals surface area contributed by atoms with E-state index in [0.717, 1.165) is 21.3 Å². The van der Waals surface area contributed by atoms with Crippen molar-refractivity contribution in [3.05, 3.63) is 57.6 Å². The van der Waals surface area contributed by atoms with Crippen LogP contribution >= 0.6 is 15.9 Å². The second-order valence-corrected chi connectivity index (χ2v) is 8.44. The molecule has 28 heavy (non-hydrogen) atoms. The largest absolute Gasteiger partial charge is 0.483 e. The number of carbonyl (C=O) groups is 2. The smallest absolute Gasteiger partial charge is 0.335 e. The fourth-order valence-electron chi connectivity index (χ4n) is 2.61. The SMILES string of the molecule is Cc1cc(C(=O)O)ccc1NCc1cc(Br)ccc1OCC(=O)NC(C)(C)C. The van der Waals surface area contributed by atoms with Crippen molar-refractivity contribution >= 4 is 33.5 Å². The zero-order valence-electron chi connectivity index (χ0n) is 16.4. The first-order chi connectivity index (χ1) is 13.0. The maximum absolute atomic E-state index is 12.0. The maximum Gasteiger partial charge on any atom is 0.335 e. The lowest BCUT2D eigenvalue weighted by atomic mass is 10.1. The average Bonchev–Trinajstić information content (AvgIpc) is 2.58. The summed E-state index contributed by atoms with van der Waals surface area (Å²) in [5, 5.41) is 15.2. The van der Waals surface area contributed by atoms with E-state index >= 15 is 0 Å². The number of hydrogen-bond acceptors (Lipinski definition) is 4. The molecule has 0 aliphatic rings. The Balaban J connectivity index is 2.08. The molecule has 3 N–H and O–H groups in total. The number of hydrogen-bond donors (Lipinski definition) is 3. The van der Waals surface area contributed by atoms with Gasteiger partial charge in [-0.2, -0.15) is 0 Å². The Kier molecular flexibility index (Phi) is 7.07. The number of aromatic carboxylic acids is 1. The number of aryl methyl sites for hydroxylation is 1. The molecule has 150 valence electrons. The number of ether oxygens (including phenoxy) is 1. The third-order valence-corrected chi connectivity index (χ3v) is 4.33. The molecule has 0 spiro atoms. The van der Waals surface area contributed by atoms with Crippen LogP contribution in [0.4, 0.5) is 5.69 Å². The number of amides is 1. The molecule has 0 heterocycles. The topological polar surface area (TPSA) is 87.7 Å². The summed E-state index contributed by atoms with van der Waals surface area (Å²) in [6, 6.07) is 10.5. The molecule has 0 saturated heterocycles. The fraction of sp³-hybridized carbons (Fsp3) is 0.333. The molecule has 0 saturated carbocycles. The Labute approximate surface area is 173 Å². The quantitative estimate of drug-likeness (QED) is 0.585. The number of nitrogens with one attached hydrogen (secondary N) is 2. The minimum atomic E-state index is -0.953. The Morgan fingerprint density at radius 2 is 1.86 bits per heavy atom. The Morgan fingerprint density at radius 3 is 2.46 bits per heavy atom. The highest BCUT2D eigenvalue weighted by atomic mass is 79.9. The van der Waals surface area contributed by atoms with Crippen molar-refractivity contribution in [1.29, 1.82) is 0 Å². The van der Waals surface area contributed by atoms with Gasteiger partial charge < -0.3 is 20.5 Å². The number of halogens is 1. The van der Waals surface area contributed by atoms with Gasteiger partial charge in [0, 0.05) is 27.8 Å². The van der Waals surface area contributed by atoms with Gasteiger partial charge in [-0.15, -0.1) is 0 Å². The predicted octanol–water partition coefficient (Wildman–Crippen LogP) is 4.36. The van der Waals surface area contributed by atoms with Crippen molar-refractivity contribution in [1.82, 2.24) is 5.32 Å². The molecule has 1 amide bonds. The Bertz CT molecular complexity index is 875. The summed E-state index contributed by atoms with van der Waals surface area (Å²) >= 11 is 3.45. The van der Waals surface area contributed by atoms with Gasteiger partial charge in [-0.25, -0.2) is 4.79 Å². The average molecular weight is 449 g/mol. The molecule has 0 aromatic heterocycles. The van der Waals surface area contributed by atoms with Crippen molar-refractivity contribution < 1.29 is 19.4 Å². The first-order valence-corrected chi connectivity index (χ1v) is 9.64. The number of carbonyl (C=O) groups excluding carboxylic acids is 1. The molecule has 0 unspecified atom stereocenters. The second kappa shape index (κ2) is 9.10. The molecule has 7 heteroatoms. The number of anilines is 1. The van der Waals surface area contributed by atoms with Gasteiger partial charge in [0.25, 0.3) is 5.91 Å². The Morgan fingerprint density at radius 1 is 1.14 bits per heavy atom. The van der Waals surface area contributed by atoms with Crippen LogP contribution in [0.5, 0.6) is 5.75 Å². The van der Waals surface area contributed by atoms with E-state index in [2.05, 4.69) is 26.6 Å². The van der Waals surface area contributed by atoms with Gasteiger partial charge in [0.05, 0.1) is 5.56 Å².